The first-order valence-electron chi connectivity index (χ1n) is 11.0. The highest BCUT2D eigenvalue weighted by atomic mass is 16.4. The van der Waals surface area contributed by atoms with Crippen molar-refractivity contribution >= 4 is 23.1 Å². The summed E-state index contributed by atoms with van der Waals surface area (Å²) < 4.78 is 1.73. The lowest BCUT2D eigenvalue weighted by Crippen LogP contribution is -2.50. The van der Waals surface area contributed by atoms with Gasteiger partial charge in [0.2, 0.25) is 0 Å². The van der Waals surface area contributed by atoms with Gasteiger partial charge in [-0.3, -0.25) is 0 Å². The SMILES string of the molecule is CC1(C)CCN(c2ccccn2)C(Nc2cc(-c3cccc(C(=O)O)c3)nn3ccnc23)C1. The molecule has 8 heteroatoms. The number of nitrogens with zero attached hydrogens (tertiary/aromatic N) is 5. The zero-order chi connectivity index (χ0) is 23.0. The van der Waals surface area contributed by atoms with E-state index >= 15 is 0 Å². The number of benzene rings is 1. The lowest BCUT2D eigenvalue weighted by Gasteiger charge is -2.44. The number of piperidine rings is 1. The molecule has 0 bridgehead atoms. The zero-order valence-corrected chi connectivity index (χ0v) is 18.6. The molecule has 1 aromatic carbocycles. The summed E-state index contributed by atoms with van der Waals surface area (Å²) in [5, 5.41) is 17.8. The second kappa shape index (κ2) is 8.20. The van der Waals surface area contributed by atoms with Gasteiger partial charge in [0.05, 0.1) is 16.9 Å². The molecule has 4 heterocycles. The number of carboxylic acid groups (broad SMARTS) is 1. The summed E-state index contributed by atoms with van der Waals surface area (Å²) in [6.45, 7) is 5.47. The van der Waals surface area contributed by atoms with Crippen LogP contribution in [0.3, 0.4) is 0 Å². The molecule has 1 fully saturated rings. The number of carboxylic acids is 1. The highest BCUT2D eigenvalue weighted by molar-refractivity contribution is 5.89. The Balaban J connectivity index is 1.55. The molecule has 1 saturated heterocycles. The van der Waals surface area contributed by atoms with Crippen LogP contribution in [0.25, 0.3) is 16.9 Å². The first-order valence-corrected chi connectivity index (χ1v) is 11.0. The van der Waals surface area contributed by atoms with E-state index in [4.69, 9.17) is 0 Å². The number of hydrogen-bond donors (Lipinski definition) is 2. The van der Waals surface area contributed by atoms with Gasteiger partial charge in [0.15, 0.2) is 5.65 Å². The Morgan fingerprint density at radius 3 is 2.79 bits per heavy atom. The molecule has 0 spiro atoms. The number of carbonyl (C=O) groups is 1. The minimum atomic E-state index is -0.964. The number of pyridine rings is 1. The van der Waals surface area contributed by atoms with Gasteiger partial charge in [-0.05, 0) is 48.6 Å². The molecule has 8 nitrogen and oxygen atoms in total. The predicted molar refractivity (Wildman–Crippen MR) is 127 cm³/mol. The third kappa shape index (κ3) is 4.24. The van der Waals surface area contributed by atoms with E-state index in [9.17, 15) is 9.90 Å². The Hall–Kier alpha value is -3.94. The molecule has 1 aliphatic heterocycles. The second-order valence-corrected chi connectivity index (χ2v) is 9.18. The topological polar surface area (TPSA) is 95.7 Å². The third-order valence-corrected chi connectivity index (χ3v) is 6.18. The number of hydrogen-bond acceptors (Lipinski definition) is 6. The monoisotopic (exact) mass is 442 g/mol. The summed E-state index contributed by atoms with van der Waals surface area (Å²) in [5.74, 6) is -0.0253. The predicted octanol–water partition coefficient (Wildman–Crippen LogP) is 4.55. The fraction of sp³-hybridized carbons (Fsp3) is 0.280. The largest absolute Gasteiger partial charge is 0.478 e. The molecular weight excluding hydrogens is 416 g/mol. The molecular formula is C25H26N6O2. The third-order valence-electron chi connectivity index (χ3n) is 6.18. The van der Waals surface area contributed by atoms with E-state index < -0.39 is 5.97 Å². The molecule has 0 radical (unpaired) electrons. The first kappa shape index (κ1) is 20.9. The molecule has 1 atom stereocenters. The molecule has 2 N–H and O–H groups in total. The highest BCUT2D eigenvalue weighted by Gasteiger charge is 2.34. The number of rotatable bonds is 5. The number of fused-ring (bicyclic) bond motifs is 1. The maximum absolute atomic E-state index is 11.5. The van der Waals surface area contributed by atoms with Gasteiger partial charge in [-0.2, -0.15) is 5.10 Å². The van der Waals surface area contributed by atoms with Gasteiger partial charge in [-0.1, -0.05) is 32.0 Å². The van der Waals surface area contributed by atoms with E-state index in [1.165, 1.54) is 0 Å². The number of anilines is 2. The maximum atomic E-state index is 11.5. The summed E-state index contributed by atoms with van der Waals surface area (Å²) in [5.41, 5.74) is 3.38. The van der Waals surface area contributed by atoms with Gasteiger partial charge in [-0.25, -0.2) is 19.3 Å². The van der Waals surface area contributed by atoms with Crippen molar-refractivity contribution in [2.75, 3.05) is 16.8 Å². The van der Waals surface area contributed by atoms with Crippen LogP contribution < -0.4 is 10.2 Å². The Bertz CT molecular complexity index is 1300. The van der Waals surface area contributed by atoms with E-state index in [-0.39, 0.29) is 17.1 Å². The molecule has 3 aromatic heterocycles. The lowest BCUT2D eigenvalue weighted by atomic mass is 9.81. The van der Waals surface area contributed by atoms with Crippen LogP contribution >= 0.6 is 0 Å². The summed E-state index contributed by atoms with van der Waals surface area (Å²) in [7, 11) is 0. The highest BCUT2D eigenvalue weighted by Crippen LogP contribution is 2.37. The van der Waals surface area contributed by atoms with Crippen LogP contribution in [0.4, 0.5) is 11.5 Å². The molecule has 0 aliphatic carbocycles. The number of aromatic nitrogens is 4. The van der Waals surface area contributed by atoms with Gasteiger partial charge in [0.25, 0.3) is 0 Å². The van der Waals surface area contributed by atoms with Crippen LogP contribution in [0.15, 0.2) is 67.1 Å². The van der Waals surface area contributed by atoms with Gasteiger partial charge >= 0.3 is 5.97 Å². The van der Waals surface area contributed by atoms with Crippen LogP contribution in [0.5, 0.6) is 0 Å². The smallest absolute Gasteiger partial charge is 0.335 e. The van der Waals surface area contributed by atoms with Gasteiger partial charge in [0, 0.05) is 30.7 Å². The average Bonchev–Trinajstić information content (AvgIpc) is 3.28. The first-order chi connectivity index (χ1) is 15.9. The van der Waals surface area contributed by atoms with E-state index in [2.05, 4.69) is 39.1 Å². The normalized spacial score (nSPS) is 17.8. The maximum Gasteiger partial charge on any atom is 0.335 e. The van der Waals surface area contributed by atoms with E-state index in [0.29, 0.717) is 5.69 Å². The van der Waals surface area contributed by atoms with E-state index in [1.807, 2.05) is 36.5 Å². The summed E-state index contributed by atoms with van der Waals surface area (Å²) in [4.78, 5) is 22.9. The molecule has 1 unspecified atom stereocenters. The van der Waals surface area contributed by atoms with Crippen molar-refractivity contribution in [2.45, 2.75) is 32.9 Å². The molecule has 0 saturated carbocycles. The standard InChI is InChI=1S/C25H26N6O2/c1-25(2)9-12-30(21-8-3-4-10-26-21)22(16-25)28-20-15-19(29-31-13-11-27-23(20)31)17-6-5-7-18(14-17)24(32)33/h3-8,10-11,13-15,22,28H,9,12,16H2,1-2H3,(H,32,33). The Labute approximate surface area is 191 Å². The lowest BCUT2D eigenvalue weighted by molar-refractivity contribution is 0.0697. The molecule has 33 heavy (non-hydrogen) atoms. The number of nitrogens with one attached hydrogen (secondary N) is 1. The fourth-order valence-electron chi connectivity index (χ4n) is 4.40. The summed E-state index contributed by atoms with van der Waals surface area (Å²) in [6, 6.07) is 14.7. The second-order valence-electron chi connectivity index (χ2n) is 9.18. The Morgan fingerprint density at radius 2 is 2.00 bits per heavy atom. The van der Waals surface area contributed by atoms with Crippen molar-refractivity contribution < 1.29 is 9.90 Å². The zero-order valence-electron chi connectivity index (χ0n) is 18.6. The van der Waals surface area contributed by atoms with Crippen LogP contribution in [0.2, 0.25) is 0 Å². The Morgan fingerprint density at radius 1 is 1.12 bits per heavy atom. The van der Waals surface area contributed by atoms with Crippen molar-refractivity contribution in [2.24, 2.45) is 5.41 Å². The fourth-order valence-corrected chi connectivity index (χ4v) is 4.40. The van der Waals surface area contributed by atoms with Gasteiger partial charge < -0.3 is 15.3 Å². The van der Waals surface area contributed by atoms with Gasteiger partial charge in [-0.15, -0.1) is 0 Å². The van der Waals surface area contributed by atoms with Gasteiger partial charge in [0.1, 0.15) is 12.0 Å². The summed E-state index contributed by atoms with van der Waals surface area (Å²) in [6.07, 6.45) is 7.36. The average molecular weight is 443 g/mol. The van der Waals surface area contributed by atoms with Crippen molar-refractivity contribution in [1.82, 2.24) is 19.6 Å². The van der Waals surface area contributed by atoms with E-state index in [1.54, 1.807) is 35.1 Å². The molecule has 4 aromatic rings. The van der Waals surface area contributed by atoms with Crippen molar-refractivity contribution in [1.29, 1.82) is 0 Å². The minimum Gasteiger partial charge on any atom is -0.478 e. The van der Waals surface area contributed by atoms with Crippen LogP contribution in [-0.2, 0) is 0 Å². The summed E-state index contributed by atoms with van der Waals surface area (Å²) >= 11 is 0. The molecule has 5 rings (SSSR count). The van der Waals surface area contributed by atoms with Crippen molar-refractivity contribution in [3.05, 3.63) is 72.7 Å². The Kier molecular flexibility index (Phi) is 5.20. The minimum absolute atomic E-state index is 0.0183. The van der Waals surface area contributed by atoms with E-state index in [0.717, 1.165) is 42.1 Å². The number of aromatic carboxylic acids is 1. The molecule has 168 valence electrons. The van der Waals surface area contributed by atoms with Crippen molar-refractivity contribution in [3.8, 4) is 11.3 Å². The van der Waals surface area contributed by atoms with Crippen LogP contribution in [0.1, 0.15) is 37.0 Å². The molecule has 0 amide bonds. The molecule has 1 aliphatic rings. The van der Waals surface area contributed by atoms with Crippen LogP contribution in [-0.4, -0.2) is 43.4 Å². The van der Waals surface area contributed by atoms with Crippen LogP contribution in [0, 0.1) is 5.41 Å². The number of imidazole rings is 1. The quantitative estimate of drug-likeness (QED) is 0.468. The van der Waals surface area contributed by atoms with Crippen molar-refractivity contribution in [3.63, 3.8) is 0 Å².